The SMILES string of the molecule is NC(=O)CONCc1csc2ccccc12. The summed E-state index contributed by atoms with van der Waals surface area (Å²) < 4.78 is 1.24. The summed E-state index contributed by atoms with van der Waals surface area (Å²) in [5.74, 6) is -0.484. The number of nitrogens with one attached hydrogen (secondary N) is 1. The first-order valence-electron chi connectivity index (χ1n) is 4.85. The molecule has 16 heavy (non-hydrogen) atoms. The molecule has 0 atom stereocenters. The molecular formula is C11H12N2O2S. The van der Waals surface area contributed by atoms with Gasteiger partial charge in [0.05, 0.1) is 0 Å². The van der Waals surface area contributed by atoms with Gasteiger partial charge >= 0.3 is 0 Å². The van der Waals surface area contributed by atoms with Crippen LogP contribution in [0, 0.1) is 0 Å². The van der Waals surface area contributed by atoms with Crippen molar-refractivity contribution in [1.82, 2.24) is 5.48 Å². The summed E-state index contributed by atoms with van der Waals surface area (Å²) in [6, 6.07) is 8.16. The van der Waals surface area contributed by atoms with Crippen molar-refractivity contribution < 1.29 is 9.63 Å². The number of rotatable bonds is 5. The lowest BCUT2D eigenvalue weighted by Crippen LogP contribution is -2.24. The van der Waals surface area contributed by atoms with Crippen LogP contribution < -0.4 is 11.2 Å². The maximum Gasteiger partial charge on any atom is 0.245 e. The van der Waals surface area contributed by atoms with Gasteiger partial charge in [-0.15, -0.1) is 11.3 Å². The molecule has 1 aromatic heterocycles. The lowest BCUT2D eigenvalue weighted by Gasteiger charge is -2.02. The smallest absolute Gasteiger partial charge is 0.245 e. The second kappa shape index (κ2) is 5.07. The van der Waals surface area contributed by atoms with Crippen LogP contribution in [0.1, 0.15) is 5.56 Å². The highest BCUT2D eigenvalue weighted by atomic mass is 32.1. The number of hydrogen-bond donors (Lipinski definition) is 2. The number of benzene rings is 1. The molecule has 0 aliphatic carbocycles. The van der Waals surface area contributed by atoms with Gasteiger partial charge in [-0.3, -0.25) is 9.63 Å². The molecule has 0 saturated carbocycles. The molecule has 0 fully saturated rings. The summed E-state index contributed by atoms with van der Waals surface area (Å²) in [6.07, 6.45) is 0. The van der Waals surface area contributed by atoms with Gasteiger partial charge in [-0.25, -0.2) is 0 Å². The normalized spacial score (nSPS) is 10.8. The molecule has 1 amide bonds. The van der Waals surface area contributed by atoms with Gasteiger partial charge in [0.2, 0.25) is 5.91 Å². The van der Waals surface area contributed by atoms with E-state index in [2.05, 4.69) is 23.0 Å². The highest BCUT2D eigenvalue weighted by Crippen LogP contribution is 2.25. The Morgan fingerprint density at radius 3 is 3.06 bits per heavy atom. The van der Waals surface area contributed by atoms with Crippen LogP contribution in [0.5, 0.6) is 0 Å². The van der Waals surface area contributed by atoms with Crippen LogP contribution >= 0.6 is 11.3 Å². The lowest BCUT2D eigenvalue weighted by atomic mass is 10.2. The van der Waals surface area contributed by atoms with E-state index in [1.54, 1.807) is 11.3 Å². The fourth-order valence-electron chi connectivity index (χ4n) is 1.42. The van der Waals surface area contributed by atoms with E-state index < -0.39 is 5.91 Å². The number of hydrogen-bond acceptors (Lipinski definition) is 4. The molecule has 0 radical (unpaired) electrons. The summed E-state index contributed by atoms with van der Waals surface area (Å²) in [6.45, 7) is 0.458. The zero-order chi connectivity index (χ0) is 11.4. The average molecular weight is 236 g/mol. The molecule has 0 unspecified atom stereocenters. The first-order valence-corrected chi connectivity index (χ1v) is 5.73. The number of amides is 1. The number of fused-ring (bicyclic) bond motifs is 1. The Balaban J connectivity index is 1.97. The number of hydroxylamine groups is 1. The van der Waals surface area contributed by atoms with E-state index in [-0.39, 0.29) is 6.61 Å². The molecule has 4 nitrogen and oxygen atoms in total. The monoisotopic (exact) mass is 236 g/mol. The minimum absolute atomic E-state index is 0.109. The summed E-state index contributed by atoms with van der Waals surface area (Å²) in [5, 5.41) is 3.29. The molecule has 3 N–H and O–H groups in total. The fourth-order valence-corrected chi connectivity index (χ4v) is 2.38. The summed E-state index contributed by atoms with van der Waals surface area (Å²) >= 11 is 1.69. The molecule has 2 aromatic rings. The second-order valence-corrected chi connectivity index (χ2v) is 4.24. The van der Waals surface area contributed by atoms with Gasteiger partial charge in [-0.05, 0) is 22.4 Å². The Morgan fingerprint density at radius 2 is 2.25 bits per heavy atom. The third kappa shape index (κ3) is 2.57. The van der Waals surface area contributed by atoms with Gasteiger partial charge in [-0.1, -0.05) is 18.2 Å². The highest BCUT2D eigenvalue weighted by Gasteiger charge is 2.02. The number of nitrogens with two attached hydrogens (primary N) is 1. The quantitative estimate of drug-likeness (QED) is 0.609. The minimum atomic E-state index is -0.484. The Hall–Kier alpha value is -1.43. The molecule has 0 spiro atoms. The number of primary amides is 1. The maximum atomic E-state index is 10.4. The van der Waals surface area contributed by atoms with E-state index in [0.717, 1.165) is 5.56 Å². The van der Waals surface area contributed by atoms with Gasteiger partial charge in [0.15, 0.2) is 0 Å². The van der Waals surface area contributed by atoms with Gasteiger partial charge in [0.1, 0.15) is 6.61 Å². The zero-order valence-electron chi connectivity index (χ0n) is 8.60. The number of carbonyl (C=O) groups excluding carboxylic acids is 1. The first-order chi connectivity index (χ1) is 7.77. The summed E-state index contributed by atoms with van der Waals surface area (Å²) in [7, 11) is 0. The van der Waals surface area contributed by atoms with E-state index in [1.807, 2.05) is 12.1 Å². The van der Waals surface area contributed by atoms with Gasteiger partial charge < -0.3 is 5.73 Å². The molecule has 0 aliphatic rings. The standard InChI is InChI=1S/C11H12N2O2S/c12-11(14)6-15-13-5-8-7-16-10-4-2-1-3-9(8)10/h1-4,7,13H,5-6H2,(H2,12,14). The van der Waals surface area contributed by atoms with E-state index in [0.29, 0.717) is 6.54 Å². The Kier molecular flexibility index (Phi) is 3.51. The van der Waals surface area contributed by atoms with E-state index in [4.69, 9.17) is 10.6 Å². The van der Waals surface area contributed by atoms with Crippen LogP contribution in [0.4, 0.5) is 0 Å². The van der Waals surface area contributed by atoms with E-state index in [9.17, 15) is 4.79 Å². The zero-order valence-corrected chi connectivity index (χ0v) is 9.42. The molecule has 0 saturated heterocycles. The van der Waals surface area contributed by atoms with Gasteiger partial charge in [0, 0.05) is 11.2 Å². The third-order valence-electron chi connectivity index (χ3n) is 2.14. The largest absolute Gasteiger partial charge is 0.368 e. The van der Waals surface area contributed by atoms with Crippen molar-refractivity contribution in [2.24, 2.45) is 5.73 Å². The summed E-state index contributed by atoms with van der Waals surface area (Å²) in [4.78, 5) is 15.3. The Bertz CT molecular complexity index is 495. The third-order valence-corrected chi connectivity index (χ3v) is 3.15. The molecule has 2 rings (SSSR count). The molecule has 1 aromatic carbocycles. The predicted molar refractivity (Wildman–Crippen MR) is 63.8 cm³/mol. The second-order valence-electron chi connectivity index (χ2n) is 3.33. The minimum Gasteiger partial charge on any atom is -0.368 e. The lowest BCUT2D eigenvalue weighted by molar-refractivity contribution is -0.125. The topological polar surface area (TPSA) is 64.4 Å². The molecule has 1 heterocycles. The Morgan fingerprint density at radius 1 is 1.44 bits per heavy atom. The fraction of sp³-hybridized carbons (Fsp3) is 0.182. The van der Waals surface area contributed by atoms with Crippen LogP contribution in [0.3, 0.4) is 0 Å². The van der Waals surface area contributed by atoms with Crippen molar-refractivity contribution in [3.05, 3.63) is 35.2 Å². The van der Waals surface area contributed by atoms with Crippen molar-refractivity contribution >= 4 is 27.3 Å². The predicted octanol–water partition coefficient (Wildman–Crippen LogP) is 1.41. The first kappa shape index (κ1) is 11.1. The molecular weight excluding hydrogens is 224 g/mol. The summed E-state index contributed by atoms with van der Waals surface area (Å²) in [5.41, 5.74) is 8.82. The molecule has 0 aliphatic heterocycles. The van der Waals surface area contributed by atoms with E-state index in [1.165, 1.54) is 10.1 Å². The van der Waals surface area contributed by atoms with Crippen molar-refractivity contribution in [3.8, 4) is 0 Å². The van der Waals surface area contributed by atoms with Gasteiger partial charge in [-0.2, -0.15) is 5.48 Å². The van der Waals surface area contributed by atoms with Gasteiger partial charge in [0.25, 0.3) is 0 Å². The van der Waals surface area contributed by atoms with Crippen molar-refractivity contribution in [2.75, 3.05) is 6.61 Å². The average Bonchev–Trinajstić information content (AvgIpc) is 2.68. The van der Waals surface area contributed by atoms with Crippen molar-refractivity contribution in [2.45, 2.75) is 6.54 Å². The van der Waals surface area contributed by atoms with Crippen molar-refractivity contribution in [3.63, 3.8) is 0 Å². The maximum absolute atomic E-state index is 10.4. The van der Waals surface area contributed by atoms with Crippen LogP contribution in [-0.4, -0.2) is 12.5 Å². The van der Waals surface area contributed by atoms with Crippen LogP contribution in [0.2, 0.25) is 0 Å². The Labute approximate surface area is 97.0 Å². The number of thiophene rings is 1. The highest BCUT2D eigenvalue weighted by molar-refractivity contribution is 7.17. The number of carbonyl (C=O) groups is 1. The molecule has 0 bridgehead atoms. The van der Waals surface area contributed by atoms with Crippen LogP contribution in [0.15, 0.2) is 29.6 Å². The van der Waals surface area contributed by atoms with E-state index >= 15 is 0 Å². The van der Waals surface area contributed by atoms with Crippen molar-refractivity contribution in [1.29, 1.82) is 0 Å². The van der Waals surface area contributed by atoms with Crippen LogP contribution in [-0.2, 0) is 16.2 Å². The van der Waals surface area contributed by atoms with Crippen LogP contribution in [0.25, 0.3) is 10.1 Å². The molecule has 5 heteroatoms. The molecule has 84 valence electrons.